The van der Waals surface area contributed by atoms with Crippen LogP contribution in [0.4, 0.5) is 0 Å². The fraction of sp³-hybridized carbons (Fsp3) is 0.500. The molecule has 0 spiro atoms. The first-order valence-corrected chi connectivity index (χ1v) is 9.97. The van der Waals surface area contributed by atoms with Crippen LogP contribution in [0.1, 0.15) is 25.5 Å². The number of carboxylic acids is 1. The molecule has 1 N–H and O–H groups in total. The molecule has 0 aliphatic carbocycles. The van der Waals surface area contributed by atoms with Crippen LogP contribution in [0, 0.1) is 5.41 Å². The Kier molecular flexibility index (Phi) is 5.14. The van der Waals surface area contributed by atoms with Crippen LogP contribution in [0.15, 0.2) is 22.4 Å². The zero-order chi connectivity index (χ0) is 18.0. The molecule has 1 saturated heterocycles. The normalized spacial score (nSPS) is 20.8. The molecule has 1 fully saturated rings. The van der Waals surface area contributed by atoms with Gasteiger partial charge in [-0.25, -0.2) is 4.98 Å². The lowest BCUT2D eigenvalue weighted by Gasteiger charge is -2.37. The van der Waals surface area contributed by atoms with Gasteiger partial charge in [0.2, 0.25) is 5.91 Å². The van der Waals surface area contributed by atoms with Gasteiger partial charge in [0.05, 0.1) is 16.9 Å². The van der Waals surface area contributed by atoms with Crippen LogP contribution in [0.2, 0.25) is 0 Å². The second-order valence-corrected chi connectivity index (χ2v) is 8.28. The molecular formula is C16H19N3O4S2. The highest BCUT2D eigenvalue weighted by molar-refractivity contribution is 7.99. The molecule has 1 unspecified atom stereocenters. The number of likely N-dealkylation sites (tertiary alicyclic amines) is 1. The van der Waals surface area contributed by atoms with E-state index < -0.39 is 11.4 Å². The maximum atomic E-state index is 12.4. The third kappa shape index (κ3) is 3.87. The van der Waals surface area contributed by atoms with E-state index in [1.807, 2.05) is 0 Å². The van der Waals surface area contributed by atoms with Crippen molar-refractivity contribution in [3.8, 4) is 0 Å². The molecule has 9 heteroatoms. The fourth-order valence-corrected chi connectivity index (χ4v) is 4.48. The minimum Gasteiger partial charge on any atom is -0.481 e. The monoisotopic (exact) mass is 381 g/mol. The molecule has 0 bridgehead atoms. The van der Waals surface area contributed by atoms with E-state index in [1.165, 1.54) is 33.6 Å². The molecule has 1 atom stereocenters. The summed E-state index contributed by atoms with van der Waals surface area (Å²) >= 11 is 2.78. The molecule has 3 heterocycles. The molecule has 0 radical (unpaired) electrons. The lowest BCUT2D eigenvalue weighted by Crippen LogP contribution is -2.48. The Bertz CT molecular complexity index is 862. The quantitative estimate of drug-likeness (QED) is 0.848. The highest BCUT2D eigenvalue weighted by atomic mass is 32.2. The molecule has 0 saturated carbocycles. The average Bonchev–Trinajstić information content (AvgIpc) is 3.04. The van der Waals surface area contributed by atoms with E-state index in [1.54, 1.807) is 23.4 Å². The van der Waals surface area contributed by atoms with E-state index >= 15 is 0 Å². The number of fused-ring (bicyclic) bond motifs is 1. The van der Waals surface area contributed by atoms with E-state index in [9.17, 15) is 19.5 Å². The minimum absolute atomic E-state index is 0.0638. The van der Waals surface area contributed by atoms with Crippen molar-refractivity contribution in [2.24, 2.45) is 5.41 Å². The van der Waals surface area contributed by atoms with Gasteiger partial charge in [-0.15, -0.1) is 23.1 Å². The molecule has 25 heavy (non-hydrogen) atoms. The van der Waals surface area contributed by atoms with Crippen LogP contribution >= 0.6 is 23.1 Å². The molecular weight excluding hydrogens is 362 g/mol. The van der Waals surface area contributed by atoms with Gasteiger partial charge >= 0.3 is 5.97 Å². The van der Waals surface area contributed by atoms with Crippen molar-refractivity contribution in [1.82, 2.24) is 14.3 Å². The number of aliphatic carboxylic acids is 1. The smallest absolute Gasteiger partial charge is 0.311 e. The molecule has 1 amide bonds. The van der Waals surface area contributed by atoms with Crippen LogP contribution < -0.4 is 5.56 Å². The van der Waals surface area contributed by atoms with E-state index in [0.717, 1.165) is 0 Å². The maximum Gasteiger partial charge on any atom is 0.311 e. The van der Waals surface area contributed by atoms with Gasteiger partial charge in [-0.3, -0.25) is 18.8 Å². The summed E-state index contributed by atoms with van der Waals surface area (Å²) in [5.74, 6) is -0.196. The standard InChI is InChI=1S/C16H19N3O4S2/c1-16(14(22)23)3-2-4-18(10-16)13(21)9-24-8-11-7-12(20)19-5-6-25-15(19)17-11/h5-7H,2-4,8-10H2,1H3,(H,22,23). The SMILES string of the molecule is CC1(C(=O)O)CCCN(C(=O)CSCc2cc(=O)n3ccsc3n2)C1. The average molecular weight is 381 g/mol. The topological polar surface area (TPSA) is 92.0 Å². The van der Waals surface area contributed by atoms with Crippen LogP contribution in [0.3, 0.4) is 0 Å². The summed E-state index contributed by atoms with van der Waals surface area (Å²) in [6.45, 7) is 2.54. The van der Waals surface area contributed by atoms with Crippen molar-refractivity contribution >= 4 is 39.9 Å². The van der Waals surface area contributed by atoms with Crippen molar-refractivity contribution in [3.05, 3.63) is 33.7 Å². The van der Waals surface area contributed by atoms with Crippen molar-refractivity contribution < 1.29 is 14.7 Å². The number of piperidine rings is 1. The number of thioether (sulfide) groups is 1. The van der Waals surface area contributed by atoms with E-state index in [0.29, 0.717) is 35.8 Å². The predicted octanol–water partition coefficient (Wildman–Crippen LogP) is 1.70. The molecule has 134 valence electrons. The number of nitrogens with zero attached hydrogens (tertiary/aromatic N) is 3. The molecule has 1 aliphatic rings. The van der Waals surface area contributed by atoms with Gasteiger partial charge < -0.3 is 10.0 Å². The van der Waals surface area contributed by atoms with E-state index in [2.05, 4.69) is 4.98 Å². The number of amides is 1. The Hall–Kier alpha value is -1.87. The van der Waals surface area contributed by atoms with Gasteiger partial charge in [-0.2, -0.15) is 0 Å². The largest absolute Gasteiger partial charge is 0.481 e. The zero-order valence-electron chi connectivity index (χ0n) is 13.8. The first-order valence-electron chi connectivity index (χ1n) is 7.94. The van der Waals surface area contributed by atoms with Gasteiger partial charge in [0, 0.05) is 36.5 Å². The first kappa shape index (κ1) is 17.9. The predicted molar refractivity (Wildman–Crippen MR) is 97.1 cm³/mol. The summed E-state index contributed by atoms with van der Waals surface area (Å²) in [4.78, 5) is 42.4. The number of thiazole rings is 1. The Balaban J connectivity index is 1.57. The van der Waals surface area contributed by atoms with Gasteiger partial charge in [0.25, 0.3) is 5.56 Å². The van der Waals surface area contributed by atoms with Crippen molar-refractivity contribution in [3.63, 3.8) is 0 Å². The Morgan fingerprint density at radius 3 is 3.04 bits per heavy atom. The summed E-state index contributed by atoms with van der Waals surface area (Å²) in [5.41, 5.74) is -0.334. The van der Waals surface area contributed by atoms with Gasteiger partial charge in [0.15, 0.2) is 4.96 Å². The van der Waals surface area contributed by atoms with Crippen molar-refractivity contribution in [1.29, 1.82) is 0 Å². The van der Waals surface area contributed by atoms with E-state index in [-0.39, 0.29) is 23.8 Å². The van der Waals surface area contributed by atoms with Crippen LogP contribution in [-0.2, 0) is 15.3 Å². The molecule has 7 nitrogen and oxygen atoms in total. The fourth-order valence-electron chi connectivity index (χ4n) is 2.92. The lowest BCUT2D eigenvalue weighted by molar-refractivity contribution is -0.153. The van der Waals surface area contributed by atoms with Gasteiger partial charge in [0.1, 0.15) is 0 Å². The van der Waals surface area contributed by atoms with Crippen LogP contribution in [-0.4, -0.2) is 50.1 Å². The Labute approximate surface area is 152 Å². The van der Waals surface area contributed by atoms with Crippen LogP contribution in [0.5, 0.6) is 0 Å². The summed E-state index contributed by atoms with van der Waals surface area (Å²) in [6.07, 6.45) is 2.98. The third-order valence-corrected chi connectivity index (χ3v) is 6.10. The second kappa shape index (κ2) is 7.17. The number of aromatic nitrogens is 2. The zero-order valence-corrected chi connectivity index (χ0v) is 15.4. The van der Waals surface area contributed by atoms with Gasteiger partial charge in [-0.05, 0) is 19.8 Å². The summed E-state index contributed by atoms with van der Waals surface area (Å²) < 4.78 is 1.49. The van der Waals surface area contributed by atoms with Crippen LogP contribution in [0.25, 0.3) is 4.96 Å². The van der Waals surface area contributed by atoms with Crippen molar-refractivity contribution in [2.75, 3.05) is 18.8 Å². The summed E-state index contributed by atoms with van der Waals surface area (Å²) in [5, 5.41) is 11.1. The summed E-state index contributed by atoms with van der Waals surface area (Å²) in [7, 11) is 0. The molecule has 0 aromatic carbocycles. The number of rotatable bonds is 5. The first-order chi connectivity index (χ1) is 11.9. The molecule has 2 aromatic heterocycles. The Morgan fingerprint density at radius 1 is 1.48 bits per heavy atom. The molecule has 1 aliphatic heterocycles. The highest BCUT2D eigenvalue weighted by Gasteiger charge is 2.39. The van der Waals surface area contributed by atoms with E-state index in [4.69, 9.17) is 0 Å². The number of hydrogen-bond donors (Lipinski definition) is 1. The molecule has 3 rings (SSSR count). The number of carboxylic acid groups (broad SMARTS) is 1. The van der Waals surface area contributed by atoms with Gasteiger partial charge in [-0.1, -0.05) is 0 Å². The number of carbonyl (C=O) groups is 2. The Morgan fingerprint density at radius 2 is 2.28 bits per heavy atom. The number of hydrogen-bond acceptors (Lipinski definition) is 6. The lowest BCUT2D eigenvalue weighted by atomic mass is 9.82. The third-order valence-electron chi connectivity index (χ3n) is 4.40. The molecule has 2 aromatic rings. The maximum absolute atomic E-state index is 12.4. The number of carbonyl (C=O) groups excluding carboxylic acids is 1. The second-order valence-electron chi connectivity index (χ2n) is 6.42. The summed E-state index contributed by atoms with van der Waals surface area (Å²) in [6, 6.07) is 1.49. The minimum atomic E-state index is -0.862. The highest BCUT2D eigenvalue weighted by Crippen LogP contribution is 2.30. The van der Waals surface area contributed by atoms with Crippen molar-refractivity contribution in [2.45, 2.75) is 25.5 Å².